The van der Waals surface area contributed by atoms with Crippen molar-refractivity contribution >= 4 is 31.9 Å². The number of benzene rings is 2. The summed E-state index contributed by atoms with van der Waals surface area (Å²) < 4.78 is 32.4. The Morgan fingerprint density at radius 2 is 1.77 bits per heavy atom. The summed E-state index contributed by atoms with van der Waals surface area (Å²) in [6, 6.07) is 14.2. The molecular weight excluding hydrogens is 420 g/mol. The van der Waals surface area contributed by atoms with Gasteiger partial charge in [-0.1, -0.05) is 24.3 Å². The van der Waals surface area contributed by atoms with E-state index in [9.17, 15) is 13.2 Å². The molecule has 1 amide bonds. The van der Waals surface area contributed by atoms with Crippen LogP contribution in [0, 0.1) is 0 Å². The Labute approximate surface area is 162 Å². The van der Waals surface area contributed by atoms with Gasteiger partial charge in [-0.05, 0) is 52.2 Å². The van der Waals surface area contributed by atoms with E-state index in [0.717, 1.165) is 11.3 Å². The lowest BCUT2D eigenvalue weighted by molar-refractivity contribution is -0.120. The van der Waals surface area contributed by atoms with Crippen LogP contribution < -0.4 is 14.8 Å². The normalized spacial score (nSPS) is 11.2. The van der Waals surface area contributed by atoms with E-state index in [1.807, 2.05) is 24.3 Å². The number of carbonyl (C=O) groups is 1. The van der Waals surface area contributed by atoms with Crippen molar-refractivity contribution in [3.8, 4) is 5.75 Å². The molecule has 2 rings (SSSR count). The van der Waals surface area contributed by atoms with E-state index < -0.39 is 10.0 Å². The van der Waals surface area contributed by atoms with Gasteiger partial charge < -0.3 is 10.1 Å². The van der Waals surface area contributed by atoms with Gasteiger partial charge in [0.1, 0.15) is 5.75 Å². The number of methoxy groups -OCH3 is 1. The molecule has 0 saturated carbocycles. The lowest BCUT2D eigenvalue weighted by Crippen LogP contribution is -2.31. The topological polar surface area (TPSA) is 84.5 Å². The monoisotopic (exact) mass is 440 g/mol. The number of ether oxygens (including phenoxy) is 1. The van der Waals surface area contributed by atoms with Gasteiger partial charge in [-0.3, -0.25) is 4.79 Å². The third kappa shape index (κ3) is 6.12. The maximum atomic E-state index is 12.2. The van der Waals surface area contributed by atoms with Gasteiger partial charge in [0.25, 0.3) is 0 Å². The molecule has 8 heteroatoms. The largest absolute Gasteiger partial charge is 0.497 e. The van der Waals surface area contributed by atoms with Crippen LogP contribution in [0.2, 0.25) is 0 Å². The first-order chi connectivity index (χ1) is 12.4. The van der Waals surface area contributed by atoms with Crippen LogP contribution in [0.15, 0.2) is 57.9 Å². The van der Waals surface area contributed by atoms with Gasteiger partial charge in [-0.15, -0.1) is 0 Å². The van der Waals surface area contributed by atoms with Gasteiger partial charge in [-0.2, -0.15) is 0 Å². The SMILES string of the molecule is COc1ccc(CCNC(=O)CCNS(=O)(=O)c2ccccc2Br)cc1. The number of rotatable bonds is 9. The van der Waals surface area contributed by atoms with E-state index in [-0.39, 0.29) is 23.8 Å². The predicted molar refractivity (Wildman–Crippen MR) is 104 cm³/mol. The van der Waals surface area contributed by atoms with Crippen molar-refractivity contribution in [3.05, 3.63) is 58.6 Å². The fourth-order valence-corrected chi connectivity index (χ4v) is 4.30. The maximum Gasteiger partial charge on any atom is 0.241 e. The second kappa shape index (κ2) is 9.70. The molecule has 0 aliphatic carbocycles. The second-order valence-corrected chi connectivity index (χ2v) is 8.12. The van der Waals surface area contributed by atoms with E-state index >= 15 is 0 Å². The van der Waals surface area contributed by atoms with Crippen LogP contribution in [0.1, 0.15) is 12.0 Å². The number of carbonyl (C=O) groups excluding carboxylic acids is 1. The molecular formula is C18H21BrN2O4S. The fourth-order valence-electron chi connectivity index (χ4n) is 2.27. The summed E-state index contributed by atoms with van der Waals surface area (Å²) in [6.45, 7) is 0.528. The van der Waals surface area contributed by atoms with Gasteiger partial charge in [0.05, 0.1) is 12.0 Å². The van der Waals surface area contributed by atoms with Crippen molar-refractivity contribution in [1.82, 2.24) is 10.0 Å². The fraction of sp³-hybridized carbons (Fsp3) is 0.278. The quantitative estimate of drug-likeness (QED) is 0.627. The molecule has 0 unspecified atom stereocenters. The molecule has 2 aromatic rings. The minimum atomic E-state index is -3.65. The van der Waals surface area contributed by atoms with Crippen LogP contribution >= 0.6 is 15.9 Å². The Morgan fingerprint density at radius 1 is 1.08 bits per heavy atom. The lowest BCUT2D eigenvalue weighted by Gasteiger charge is -2.09. The highest BCUT2D eigenvalue weighted by Gasteiger charge is 2.16. The first-order valence-corrected chi connectivity index (χ1v) is 10.3. The molecule has 0 aromatic heterocycles. The molecule has 2 aromatic carbocycles. The number of halogens is 1. The zero-order valence-electron chi connectivity index (χ0n) is 14.4. The van der Waals surface area contributed by atoms with E-state index in [0.29, 0.717) is 17.4 Å². The molecule has 0 heterocycles. The van der Waals surface area contributed by atoms with Crippen LogP contribution in [0.25, 0.3) is 0 Å². The van der Waals surface area contributed by atoms with Crippen LogP contribution in [-0.2, 0) is 21.2 Å². The lowest BCUT2D eigenvalue weighted by atomic mass is 10.1. The summed E-state index contributed by atoms with van der Waals surface area (Å²) in [5.41, 5.74) is 1.08. The van der Waals surface area contributed by atoms with Gasteiger partial charge in [-0.25, -0.2) is 13.1 Å². The minimum Gasteiger partial charge on any atom is -0.497 e. The van der Waals surface area contributed by atoms with Gasteiger partial charge in [0.15, 0.2) is 0 Å². The highest BCUT2D eigenvalue weighted by atomic mass is 79.9. The summed E-state index contributed by atoms with van der Waals surface area (Å²) >= 11 is 3.21. The average molecular weight is 441 g/mol. The number of nitrogens with one attached hydrogen (secondary N) is 2. The van der Waals surface area contributed by atoms with Crippen LogP contribution in [0.5, 0.6) is 5.75 Å². The van der Waals surface area contributed by atoms with Crippen molar-refractivity contribution < 1.29 is 17.9 Å². The van der Waals surface area contributed by atoms with Crippen molar-refractivity contribution in [2.75, 3.05) is 20.2 Å². The standard InChI is InChI=1S/C18H21BrN2O4S/c1-25-15-8-6-14(7-9-15)10-12-20-18(22)11-13-21-26(23,24)17-5-3-2-4-16(17)19/h2-9,21H,10-13H2,1H3,(H,20,22). The third-order valence-corrected chi connectivity index (χ3v) is 6.14. The third-order valence-electron chi connectivity index (χ3n) is 3.67. The summed E-state index contributed by atoms with van der Waals surface area (Å²) in [4.78, 5) is 12.0. The molecule has 0 fully saturated rings. The van der Waals surface area contributed by atoms with E-state index in [2.05, 4.69) is 26.0 Å². The molecule has 6 nitrogen and oxygen atoms in total. The Balaban J connectivity index is 1.72. The second-order valence-electron chi connectivity index (χ2n) is 5.53. The van der Waals surface area contributed by atoms with Crippen molar-refractivity contribution in [2.45, 2.75) is 17.7 Å². The molecule has 0 bridgehead atoms. The Hall–Kier alpha value is -1.90. The van der Waals surface area contributed by atoms with E-state index in [1.54, 1.807) is 25.3 Å². The molecule has 0 atom stereocenters. The Kier molecular flexibility index (Phi) is 7.62. The van der Waals surface area contributed by atoms with Crippen LogP contribution in [-0.4, -0.2) is 34.5 Å². The number of sulfonamides is 1. The van der Waals surface area contributed by atoms with Crippen LogP contribution in [0.4, 0.5) is 0 Å². The van der Waals surface area contributed by atoms with Crippen molar-refractivity contribution in [1.29, 1.82) is 0 Å². The highest BCUT2D eigenvalue weighted by molar-refractivity contribution is 9.10. The highest BCUT2D eigenvalue weighted by Crippen LogP contribution is 2.20. The summed E-state index contributed by atoms with van der Waals surface area (Å²) in [6.07, 6.45) is 0.769. The first kappa shape index (κ1) is 20.4. The van der Waals surface area contributed by atoms with Crippen molar-refractivity contribution in [2.24, 2.45) is 0 Å². The van der Waals surface area contributed by atoms with E-state index in [4.69, 9.17) is 4.74 Å². The Morgan fingerprint density at radius 3 is 2.42 bits per heavy atom. The predicted octanol–water partition coefficient (Wildman–Crippen LogP) is 2.49. The first-order valence-electron chi connectivity index (χ1n) is 8.06. The summed E-state index contributed by atoms with van der Waals surface area (Å²) in [5.74, 6) is 0.587. The van der Waals surface area contributed by atoms with Gasteiger partial charge >= 0.3 is 0 Å². The number of amides is 1. The summed E-state index contributed by atoms with van der Waals surface area (Å²) in [7, 11) is -2.03. The van der Waals surface area contributed by atoms with Gasteiger partial charge in [0, 0.05) is 24.0 Å². The van der Waals surface area contributed by atoms with Gasteiger partial charge in [0.2, 0.25) is 15.9 Å². The zero-order valence-corrected chi connectivity index (χ0v) is 16.8. The summed E-state index contributed by atoms with van der Waals surface area (Å²) in [5, 5.41) is 2.78. The molecule has 0 saturated heterocycles. The van der Waals surface area contributed by atoms with Crippen LogP contribution in [0.3, 0.4) is 0 Å². The number of hydrogen-bond acceptors (Lipinski definition) is 4. The molecule has 26 heavy (non-hydrogen) atoms. The number of hydrogen-bond donors (Lipinski definition) is 2. The molecule has 0 spiro atoms. The maximum absolute atomic E-state index is 12.2. The molecule has 2 N–H and O–H groups in total. The zero-order chi connectivity index (χ0) is 19.0. The smallest absolute Gasteiger partial charge is 0.241 e. The van der Waals surface area contributed by atoms with Crippen molar-refractivity contribution in [3.63, 3.8) is 0 Å². The average Bonchev–Trinajstić information content (AvgIpc) is 2.62. The molecule has 140 valence electrons. The molecule has 0 radical (unpaired) electrons. The molecule has 0 aliphatic rings. The minimum absolute atomic E-state index is 0.0397. The molecule has 0 aliphatic heterocycles. The Bertz CT molecular complexity index is 839. The van der Waals surface area contributed by atoms with E-state index in [1.165, 1.54) is 6.07 Å².